The number of halogens is 2. The molecule has 0 saturated carbocycles. The number of furan rings is 1. The molecule has 0 aliphatic rings. The van der Waals surface area contributed by atoms with Gasteiger partial charge in [-0.2, -0.15) is 15.4 Å². The van der Waals surface area contributed by atoms with Gasteiger partial charge >= 0.3 is 0 Å². The van der Waals surface area contributed by atoms with Gasteiger partial charge in [-0.1, -0.05) is 17.7 Å². The molecule has 27 heavy (non-hydrogen) atoms. The first-order chi connectivity index (χ1) is 13.1. The number of aromatic nitrogens is 4. The van der Waals surface area contributed by atoms with E-state index in [0.717, 1.165) is 21.6 Å². The Kier molecular flexibility index (Phi) is 5.44. The Balaban J connectivity index is 1.58. The molecule has 0 aromatic carbocycles. The van der Waals surface area contributed by atoms with Gasteiger partial charge in [0.2, 0.25) is 0 Å². The van der Waals surface area contributed by atoms with Gasteiger partial charge in [0.15, 0.2) is 5.58 Å². The molecule has 0 fully saturated rings. The first-order valence-corrected chi connectivity index (χ1v) is 10.3. The molecular weight excluding hydrogens is 452 g/mol. The van der Waals surface area contributed by atoms with Gasteiger partial charge in [0.25, 0.3) is 0 Å². The van der Waals surface area contributed by atoms with Crippen molar-refractivity contribution in [3.63, 3.8) is 0 Å². The molecule has 4 aromatic rings. The van der Waals surface area contributed by atoms with Gasteiger partial charge in [0.05, 0.1) is 22.1 Å². The summed E-state index contributed by atoms with van der Waals surface area (Å²) in [4.78, 5) is 5.62. The Morgan fingerprint density at radius 1 is 1.41 bits per heavy atom. The number of pyridine rings is 1. The average molecular weight is 468 g/mol. The van der Waals surface area contributed by atoms with Gasteiger partial charge in [-0.3, -0.25) is 0 Å². The smallest absolute Gasteiger partial charge is 0.177 e. The third-order valence-electron chi connectivity index (χ3n) is 4.04. The van der Waals surface area contributed by atoms with Crippen LogP contribution in [0, 0.1) is 0 Å². The zero-order valence-corrected chi connectivity index (χ0v) is 17.2. The second-order valence-corrected chi connectivity index (χ2v) is 8.28. The standard InChI is InChI=1S/C17H16BrClN6OS/c18-15-13(5-9(20)4-10-7-22-25-24-10)26-17-12(6-14(19)23-16(15)17)21-8-11-2-1-3-27-11/h1-3,6-7,9H,4-5,8,20H2,(H,21,23)(H,22,24,25). The van der Waals surface area contributed by atoms with Crippen LogP contribution in [0.15, 0.2) is 38.7 Å². The van der Waals surface area contributed by atoms with Gasteiger partial charge in [-0.15, -0.1) is 11.3 Å². The number of hydrogen-bond acceptors (Lipinski definition) is 7. The van der Waals surface area contributed by atoms with Crippen LogP contribution in [0.25, 0.3) is 11.1 Å². The fourth-order valence-corrected chi connectivity index (χ4v) is 4.16. The number of H-pyrrole nitrogens is 1. The van der Waals surface area contributed by atoms with E-state index in [1.54, 1.807) is 23.6 Å². The Morgan fingerprint density at radius 3 is 3.04 bits per heavy atom. The molecule has 4 rings (SSSR count). The van der Waals surface area contributed by atoms with E-state index in [4.69, 9.17) is 21.8 Å². The maximum absolute atomic E-state index is 6.26. The third-order valence-corrected chi connectivity index (χ3v) is 5.92. The number of nitrogens with zero attached hydrogens (tertiary/aromatic N) is 3. The molecule has 0 aliphatic heterocycles. The van der Waals surface area contributed by atoms with Crippen molar-refractivity contribution < 1.29 is 4.42 Å². The van der Waals surface area contributed by atoms with Crippen molar-refractivity contribution in [2.75, 3.05) is 5.32 Å². The Hall–Kier alpha value is -1.94. The van der Waals surface area contributed by atoms with Gasteiger partial charge in [0.1, 0.15) is 16.4 Å². The van der Waals surface area contributed by atoms with Gasteiger partial charge in [-0.25, -0.2) is 4.98 Å². The highest BCUT2D eigenvalue weighted by molar-refractivity contribution is 9.10. The lowest BCUT2D eigenvalue weighted by Crippen LogP contribution is -2.25. The van der Waals surface area contributed by atoms with Gasteiger partial charge in [-0.05, 0) is 27.4 Å². The lowest BCUT2D eigenvalue weighted by molar-refractivity contribution is 0.508. The fourth-order valence-electron chi connectivity index (χ4n) is 2.81. The van der Waals surface area contributed by atoms with E-state index in [-0.39, 0.29) is 6.04 Å². The Bertz CT molecular complexity index is 1030. The van der Waals surface area contributed by atoms with Crippen LogP contribution in [0.3, 0.4) is 0 Å². The lowest BCUT2D eigenvalue weighted by atomic mass is 10.1. The number of nitrogens with one attached hydrogen (secondary N) is 2. The maximum atomic E-state index is 6.26. The van der Waals surface area contributed by atoms with E-state index < -0.39 is 0 Å². The molecule has 0 amide bonds. The van der Waals surface area contributed by atoms with Crippen molar-refractivity contribution in [1.82, 2.24) is 20.4 Å². The molecule has 1 unspecified atom stereocenters. The zero-order valence-electron chi connectivity index (χ0n) is 14.1. The second-order valence-electron chi connectivity index (χ2n) is 6.07. The normalized spacial score (nSPS) is 12.6. The second kappa shape index (κ2) is 7.97. The molecule has 0 radical (unpaired) electrons. The summed E-state index contributed by atoms with van der Waals surface area (Å²) >= 11 is 11.5. The van der Waals surface area contributed by atoms with Crippen molar-refractivity contribution in [2.45, 2.75) is 25.4 Å². The van der Waals surface area contributed by atoms with Crippen LogP contribution in [0.5, 0.6) is 0 Å². The maximum Gasteiger partial charge on any atom is 0.177 e. The minimum absolute atomic E-state index is 0.162. The summed E-state index contributed by atoms with van der Waals surface area (Å²) < 4.78 is 6.87. The first kappa shape index (κ1) is 18.4. The molecule has 0 spiro atoms. The molecule has 0 saturated heterocycles. The van der Waals surface area contributed by atoms with Crippen LogP contribution in [-0.4, -0.2) is 26.4 Å². The number of hydrogen-bond donors (Lipinski definition) is 3. The van der Waals surface area contributed by atoms with Gasteiger partial charge < -0.3 is 15.5 Å². The summed E-state index contributed by atoms with van der Waals surface area (Å²) in [6, 6.07) is 5.70. The summed E-state index contributed by atoms with van der Waals surface area (Å²) in [6.45, 7) is 0.687. The number of rotatable bonds is 7. The summed E-state index contributed by atoms with van der Waals surface area (Å²) in [5.41, 5.74) is 9.21. The van der Waals surface area contributed by atoms with Crippen LogP contribution >= 0.6 is 38.9 Å². The molecule has 4 aromatic heterocycles. The molecule has 10 heteroatoms. The van der Waals surface area contributed by atoms with Crippen molar-refractivity contribution in [1.29, 1.82) is 0 Å². The van der Waals surface area contributed by atoms with Crippen molar-refractivity contribution >= 4 is 55.7 Å². The molecule has 0 aliphatic carbocycles. The average Bonchev–Trinajstić information content (AvgIpc) is 3.37. The first-order valence-electron chi connectivity index (χ1n) is 8.24. The summed E-state index contributed by atoms with van der Waals surface area (Å²) in [5.74, 6) is 0.731. The van der Waals surface area contributed by atoms with Crippen LogP contribution < -0.4 is 11.1 Å². The lowest BCUT2D eigenvalue weighted by Gasteiger charge is -2.07. The Labute approximate surface area is 172 Å². The van der Waals surface area contributed by atoms with E-state index in [1.807, 2.05) is 11.4 Å². The van der Waals surface area contributed by atoms with Crippen LogP contribution in [0.4, 0.5) is 5.69 Å². The zero-order chi connectivity index (χ0) is 18.8. The Morgan fingerprint density at radius 2 is 2.30 bits per heavy atom. The van der Waals surface area contributed by atoms with Crippen LogP contribution in [0.2, 0.25) is 5.15 Å². The molecular formula is C17H16BrClN6OS. The van der Waals surface area contributed by atoms with Gasteiger partial charge in [0, 0.05) is 36.4 Å². The molecule has 0 bridgehead atoms. The van der Waals surface area contributed by atoms with Crippen LogP contribution in [0.1, 0.15) is 16.3 Å². The number of thiophene rings is 1. The quantitative estimate of drug-likeness (QED) is 0.353. The topological polar surface area (TPSA) is 106 Å². The van der Waals surface area contributed by atoms with E-state index in [0.29, 0.717) is 35.6 Å². The molecule has 140 valence electrons. The molecule has 4 N–H and O–H groups in total. The number of aromatic amines is 1. The number of nitrogens with two attached hydrogens (primary N) is 1. The molecule has 1 atom stereocenters. The molecule has 4 heterocycles. The highest BCUT2D eigenvalue weighted by Gasteiger charge is 2.20. The largest absolute Gasteiger partial charge is 0.456 e. The summed E-state index contributed by atoms with van der Waals surface area (Å²) in [7, 11) is 0. The SMILES string of the molecule is NC(Cc1cn[nH]n1)Cc1oc2c(NCc3cccs3)cc(Cl)nc2c1Br. The van der Waals surface area contributed by atoms with E-state index in [9.17, 15) is 0 Å². The third kappa shape index (κ3) is 4.16. The minimum atomic E-state index is -0.162. The van der Waals surface area contributed by atoms with E-state index in [2.05, 4.69) is 47.7 Å². The predicted octanol–water partition coefficient (Wildman–Crippen LogP) is 4.15. The monoisotopic (exact) mass is 466 g/mol. The van der Waals surface area contributed by atoms with Crippen LogP contribution in [-0.2, 0) is 19.4 Å². The summed E-state index contributed by atoms with van der Waals surface area (Å²) in [6.07, 6.45) is 2.80. The molecule has 7 nitrogen and oxygen atoms in total. The highest BCUT2D eigenvalue weighted by Crippen LogP contribution is 2.36. The van der Waals surface area contributed by atoms with Crippen molar-refractivity contribution in [2.24, 2.45) is 5.73 Å². The van der Waals surface area contributed by atoms with Crippen molar-refractivity contribution in [3.8, 4) is 0 Å². The number of anilines is 1. The van der Waals surface area contributed by atoms with E-state index in [1.165, 1.54) is 4.88 Å². The predicted molar refractivity (Wildman–Crippen MR) is 110 cm³/mol. The number of fused-ring (bicyclic) bond motifs is 1. The highest BCUT2D eigenvalue weighted by atomic mass is 79.9. The minimum Gasteiger partial charge on any atom is -0.456 e. The van der Waals surface area contributed by atoms with Crippen molar-refractivity contribution in [3.05, 3.63) is 55.7 Å². The summed E-state index contributed by atoms with van der Waals surface area (Å²) in [5, 5.41) is 16.3. The fraction of sp³-hybridized carbons (Fsp3) is 0.235. The van der Waals surface area contributed by atoms with E-state index >= 15 is 0 Å².